The van der Waals surface area contributed by atoms with Crippen molar-refractivity contribution in [1.82, 2.24) is 20.1 Å². The summed E-state index contributed by atoms with van der Waals surface area (Å²) >= 11 is 1.60. The van der Waals surface area contributed by atoms with Crippen LogP contribution in [-0.4, -0.2) is 33.0 Å². The van der Waals surface area contributed by atoms with Gasteiger partial charge < -0.3 is 5.32 Å². The van der Waals surface area contributed by atoms with E-state index in [-0.39, 0.29) is 16.9 Å². The molecule has 1 N–H and O–H groups in total. The zero-order valence-electron chi connectivity index (χ0n) is 17.9. The van der Waals surface area contributed by atoms with E-state index in [9.17, 15) is 22.8 Å². The lowest BCUT2D eigenvalue weighted by atomic mass is 10.1. The number of ketones is 1. The number of halogens is 3. The van der Waals surface area contributed by atoms with Crippen molar-refractivity contribution in [3.05, 3.63) is 62.9 Å². The summed E-state index contributed by atoms with van der Waals surface area (Å²) in [6.45, 7) is 5.38. The minimum absolute atomic E-state index is 0.0955. The molecule has 0 unspecified atom stereocenters. The number of unbranched alkanes of at least 4 members (excludes halogenated alkanes) is 1. The second kappa shape index (κ2) is 9.64. The quantitative estimate of drug-likeness (QED) is 0.300. The van der Waals surface area contributed by atoms with E-state index in [1.807, 2.05) is 12.3 Å². The van der Waals surface area contributed by atoms with Gasteiger partial charge in [0.1, 0.15) is 0 Å². The molecule has 0 atom stereocenters. The molecule has 0 bridgehead atoms. The van der Waals surface area contributed by atoms with Gasteiger partial charge in [0.05, 0.1) is 33.2 Å². The first-order valence-electron chi connectivity index (χ1n) is 10.1. The van der Waals surface area contributed by atoms with E-state index in [2.05, 4.69) is 15.4 Å². The zero-order valence-corrected chi connectivity index (χ0v) is 18.7. The summed E-state index contributed by atoms with van der Waals surface area (Å²) in [7, 11) is 0. The Morgan fingerprint density at radius 3 is 2.56 bits per heavy atom. The van der Waals surface area contributed by atoms with Crippen LogP contribution in [0.1, 0.15) is 50.9 Å². The van der Waals surface area contributed by atoms with Crippen molar-refractivity contribution in [3.8, 4) is 5.69 Å². The molecule has 1 aromatic carbocycles. The normalized spacial score (nSPS) is 11.6. The van der Waals surface area contributed by atoms with Crippen LogP contribution >= 0.6 is 11.3 Å². The van der Waals surface area contributed by atoms with E-state index < -0.39 is 23.4 Å². The minimum atomic E-state index is -4.50. The summed E-state index contributed by atoms with van der Waals surface area (Å²) < 4.78 is 40.4. The number of nitrogens with zero attached hydrogens (tertiary/aromatic N) is 3. The van der Waals surface area contributed by atoms with E-state index in [0.717, 1.165) is 35.7 Å². The largest absolute Gasteiger partial charge is 0.416 e. The van der Waals surface area contributed by atoms with Gasteiger partial charge in [0.15, 0.2) is 0 Å². The van der Waals surface area contributed by atoms with Gasteiger partial charge in [-0.2, -0.15) is 18.3 Å². The monoisotopic (exact) mass is 464 g/mol. The number of Topliss-reactive ketones (excluding diaryl/α,β-unsaturated/α-hetero) is 1. The molecule has 0 aliphatic carbocycles. The fourth-order valence-corrected chi connectivity index (χ4v) is 4.17. The molecule has 0 aliphatic heterocycles. The third-order valence-electron chi connectivity index (χ3n) is 4.91. The number of thiazole rings is 1. The molecule has 0 saturated heterocycles. The molecular weight excluding hydrogens is 441 g/mol. The molecule has 0 spiro atoms. The van der Waals surface area contributed by atoms with Crippen LogP contribution in [0, 0.1) is 20.8 Å². The molecule has 3 rings (SSSR count). The van der Waals surface area contributed by atoms with E-state index in [0.29, 0.717) is 18.7 Å². The second-order valence-corrected chi connectivity index (χ2v) is 8.37. The van der Waals surface area contributed by atoms with E-state index in [1.54, 1.807) is 25.2 Å². The number of aromatic nitrogens is 3. The number of rotatable bonds is 8. The maximum atomic E-state index is 13.0. The van der Waals surface area contributed by atoms with Crippen molar-refractivity contribution in [2.45, 2.75) is 46.2 Å². The summed E-state index contributed by atoms with van der Waals surface area (Å²) in [5.41, 5.74) is 1.01. The van der Waals surface area contributed by atoms with Crippen LogP contribution < -0.4 is 5.32 Å². The molecule has 10 heteroatoms. The SMILES string of the molecule is Cc1csc(CCCCNC(=O)C(=O)c2c(C)nn(-c3cccc(C(F)(F)F)c3)c2C)n1. The molecule has 3 aromatic rings. The average Bonchev–Trinajstić information content (AvgIpc) is 3.28. The third kappa shape index (κ3) is 5.42. The fourth-order valence-electron chi connectivity index (χ4n) is 3.35. The van der Waals surface area contributed by atoms with Crippen LogP contribution in [0.15, 0.2) is 29.6 Å². The van der Waals surface area contributed by atoms with Crippen molar-refractivity contribution in [2.75, 3.05) is 6.54 Å². The second-order valence-electron chi connectivity index (χ2n) is 7.43. The number of hydrogen-bond donors (Lipinski definition) is 1. The number of amides is 1. The lowest BCUT2D eigenvalue weighted by Gasteiger charge is -2.10. The molecule has 1 amide bonds. The van der Waals surface area contributed by atoms with Crippen LogP contribution in [0.5, 0.6) is 0 Å². The highest BCUT2D eigenvalue weighted by Crippen LogP contribution is 2.31. The number of benzene rings is 1. The van der Waals surface area contributed by atoms with E-state index >= 15 is 0 Å². The predicted molar refractivity (Wildman–Crippen MR) is 115 cm³/mol. The van der Waals surface area contributed by atoms with Gasteiger partial charge in [0.2, 0.25) is 0 Å². The molecule has 0 saturated carbocycles. The molecule has 6 nitrogen and oxygen atoms in total. The average molecular weight is 465 g/mol. The van der Waals surface area contributed by atoms with Gasteiger partial charge in [-0.3, -0.25) is 9.59 Å². The molecular formula is C22H23F3N4O2S. The topological polar surface area (TPSA) is 76.9 Å². The van der Waals surface area contributed by atoms with Gasteiger partial charge in [-0.05, 0) is 58.2 Å². The Hall–Kier alpha value is -3.01. The van der Waals surface area contributed by atoms with Gasteiger partial charge in [0.25, 0.3) is 11.7 Å². The smallest absolute Gasteiger partial charge is 0.349 e. The Morgan fingerprint density at radius 2 is 1.91 bits per heavy atom. The number of aryl methyl sites for hydroxylation is 3. The van der Waals surface area contributed by atoms with Crippen molar-refractivity contribution in [1.29, 1.82) is 0 Å². The Morgan fingerprint density at radius 1 is 1.16 bits per heavy atom. The highest BCUT2D eigenvalue weighted by molar-refractivity contribution is 7.09. The fraction of sp³-hybridized carbons (Fsp3) is 0.364. The zero-order chi connectivity index (χ0) is 23.5. The number of carbonyl (C=O) groups excluding carboxylic acids is 2. The van der Waals surface area contributed by atoms with Crippen LogP contribution in [0.3, 0.4) is 0 Å². The standard InChI is InChI=1S/C22H23F3N4O2S/c1-13-12-32-18(27-13)9-4-5-10-26-21(31)20(30)19-14(2)28-29(15(19)3)17-8-6-7-16(11-17)22(23,24)25/h6-8,11-12H,4-5,9-10H2,1-3H3,(H,26,31). The van der Waals surface area contributed by atoms with Crippen molar-refractivity contribution in [2.24, 2.45) is 0 Å². The van der Waals surface area contributed by atoms with Gasteiger partial charge >= 0.3 is 6.18 Å². The molecule has 0 aliphatic rings. The lowest BCUT2D eigenvalue weighted by Crippen LogP contribution is -2.32. The van der Waals surface area contributed by atoms with Crippen LogP contribution in [0.2, 0.25) is 0 Å². The first kappa shape index (κ1) is 23.6. The van der Waals surface area contributed by atoms with Gasteiger partial charge in [0, 0.05) is 17.6 Å². The molecule has 0 fully saturated rings. The number of nitrogens with one attached hydrogen (secondary N) is 1. The molecule has 2 heterocycles. The Kier molecular flexibility index (Phi) is 7.12. The lowest BCUT2D eigenvalue weighted by molar-refractivity contribution is -0.137. The Bertz CT molecular complexity index is 1130. The van der Waals surface area contributed by atoms with Crippen LogP contribution in [-0.2, 0) is 17.4 Å². The van der Waals surface area contributed by atoms with Gasteiger partial charge in [-0.1, -0.05) is 6.07 Å². The summed E-state index contributed by atoms with van der Waals surface area (Å²) in [4.78, 5) is 29.4. The molecule has 170 valence electrons. The van der Waals surface area contributed by atoms with E-state index in [4.69, 9.17) is 0 Å². The van der Waals surface area contributed by atoms with Crippen molar-refractivity contribution in [3.63, 3.8) is 0 Å². The third-order valence-corrected chi connectivity index (χ3v) is 5.94. The highest BCUT2D eigenvalue weighted by Gasteiger charge is 2.31. The molecule has 32 heavy (non-hydrogen) atoms. The Balaban J connectivity index is 1.64. The maximum Gasteiger partial charge on any atom is 0.416 e. The van der Waals surface area contributed by atoms with Gasteiger partial charge in [-0.15, -0.1) is 11.3 Å². The summed E-state index contributed by atoms with van der Waals surface area (Å²) in [5, 5.41) is 9.83. The first-order valence-corrected chi connectivity index (χ1v) is 10.9. The number of hydrogen-bond acceptors (Lipinski definition) is 5. The Labute approximate surface area is 187 Å². The maximum absolute atomic E-state index is 13.0. The van der Waals surface area contributed by atoms with Crippen molar-refractivity contribution < 1.29 is 22.8 Å². The highest BCUT2D eigenvalue weighted by atomic mass is 32.1. The predicted octanol–water partition coefficient (Wildman–Crippen LogP) is 4.59. The molecule has 2 aromatic heterocycles. The summed E-state index contributed by atoms with van der Waals surface area (Å²) in [5.74, 6) is -1.52. The van der Waals surface area contributed by atoms with Crippen LogP contribution in [0.25, 0.3) is 5.69 Å². The molecule has 0 radical (unpaired) electrons. The first-order chi connectivity index (χ1) is 15.1. The van der Waals surface area contributed by atoms with E-state index in [1.165, 1.54) is 16.8 Å². The summed E-state index contributed by atoms with van der Waals surface area (Å²) in [6, 6.07) is 4.66. The van der Waals surface area contributed by atoms with Crippen molar-refractivity contribution >= 4 is 23.0 Å². The number of alkyl halides is 3. The minimum Gasteiger partial charge on any atom is -0.349 e. The summed E-state index contributed by atoms with van der Waals surface area (Å²) in [6.07, 6.45) is -2.17. The number of carbonyl (C=O) groups is 2. The van der Waals surface area contributed by atoms with Crippen LogP contribution in [0.4, 0.5) is 13.2 Å². The van der Waals surface area contributed by atoms with Gasteiger partial charge in [-0.25, -0.2) is 9.67 Å².